The number of benzene rings is 2. The van der Waals surface area contributed by atoms with Crippen LogP contribution in [0.3, 0.4) is 0 Å². The molecule has 1 heterocycles. The quantitative estimate of drug-likeness (QED) is 0.567. The van der Waals surface area contributed by atoms with Crippen LogP contribution in [-0.4, -0.2) is 24.7 Å². The zero-order valence-corrected chi connectivity index (χ0v) is 16.1. The van der Waals surface area contributed by atoms with Crippen LogP contribution in [0.1, 0.15) is 13.8 Å². The summed E-state index contributed by atoms with van der Waals surface area (Å²) in [5.74, 6) is -1.95. The molecule has 0 N–H and O–H groups in total. The van der Waals surface area contributed by atoms with Gasteiger partial charge < -0.3 is 9.47 Å². The summed E-state index contributed by atoms with van der Waals surface area (Å²) in [6.45, 7) is 3.14. The molecular formula is C19H16F3NO5S. The van der Waals surface area contributed by atoms with Crippen molar-refractivity contribution < 1.29 is 35.9 Å². The second-order valence-corrected chi connectivity index (χ2v) is 8.22. The number of esters is 1. The van der Waals surface area contributed by atoms with Crippen LogP contribution in [0.15, 0.2) is 59.6 Å². The molecule has 0 aliphatic heterocycles. The van der Waals surface area contributed by atoms with E-state index in [1.807, 2.05) is 0 Å². The van der Waals surface area contributed by atoms with Gasteiger partial charge in [0, 0.05) is 5.39 Å². The smallest absolute Gasteiger partial charge is 0.424 e. The molecular weight excluding hydrogens is 411 g/mol. The molecule has 0 aliphatic rings. The van der Waals surface area contributed by atoms with Crippen LogP contribution in [0.2, 0.25) is 0 Å². The first-order valence-electron chi connectivity index (χ1n) is 8.42. The molecule has 0 aliphatic carbocycles. The van der Waals surface area contributed by atoms with Crippen LogP contribution in [0.25, 0.3) is 10.9 Å². The van der Waals surface area contributed by atoms with Gasteiger partial charge in [-0.3, -0.25) is 4.79 Å². The first-order chi connectivity index (χ1) is 13.5. The Morgan fingerprint density at radius 3 is 2.31 bits per heavy atom. The minimum atomic E-state index is -4.93. The number of carbonyl (C=O) groups excluding carboxylic acids is 1. The second kappa shape index (κ2) is 7.43. The van der Waals surface area contributed by atoms with Crippen LogP contribution in [0.4, 0.5) is 13.2 Å². The minimum absolute atomic E-state index is 0.0137. The molecule has 3 aromatic rings. The third-order valence-corrected chi connectivity index (χ3v) is 5.61. The van der Waals surface area contributed by atoms with Crippen molar-refractivity contribution in [1.82, 2.24) is 3.97 Å². The van der Waals surface area contributed by atoms with Gasteiger partial charge in [-0.2, -0.15) is 0 Å². The van der Waals surface area contributed by atoms with Gasteiger partial charge in [-0.15, -0.1) is 13.2 Å². The summed E-state index contributed by atoms with van der Waals surface area (Å²) in [6.07, 6.45) is -3.87. The van der Waals surface area contributed by atoms with Crippen molar-refractivity contribution in [3.63, 3.8) is 0 Å². The number of ether oxygens (including phenoxy) is 2. The van der Waals surface area contributed by atoms with Crippen molar-refractivity contribution in [1.29, 1.82) is 0 Å². The minimum Gasteiger partial charge on any atom is -0.424 e. The Balaban J connectivity index is 2.20. The number of hydrogen-bond donors (Lipinski definition) is 0. The number of nitrogens with zero attached hydrogens (tertiary/aromatic N) is 1. The Morgan fingerprint density at radius 2 is 1.72 bits per heavy atom. The van der Waals surface area contributed by atoms with E-state index in [4.69, 9.17) is 4.74 Å². The molecule has 0 spiro atoms. The van der Waals surface area contributed by atoms with Crippen molar-refractivity contribution in [3.8, 4) is 11.5 Å². The van der Waals surface area contributed by atoms with E-state index in [0.29, 0.717) is 0 Å². The van der Waals surface area contributed by atoms with E-state index in [-0.39, 0.29) is 21.5 Å². The highest BCUT2D eigenvalue weighted by Gasteiger charge is 2.32. The molecule has 1 aromatic heterocycles. The van der Waals surface area contributed by atoms with Crippen molar-refractivity contribution in [2.45, 2.75) is 25.1 Å². The Morgan fingerprint density at radius 1 is 1.07 bits per heavy atom. The van der Waals surface area contributed by atoms with Crippen molar-refractivity contribution in [2.24, 2.45) is 5.92 Å². The number of alkyl halides is 3. The Hall–Kier alpha value is -3.01. The van der Waals surface area contributed by atoms with E-state index in [9.17, 15) is 26.4 Å². The Labute approximate surface area is 164 Å². The van der Waals surface area contributed by atoms with Gasteiger partial charge in [-0.05, 0) is 30.3 Å². The maximum absolute atomic E-state index is 13.0. The highest BCUT2D eigenvalue weighted by Crippen LogP contribution is 2.35. The molecule has 0 radical (unpaired) electrons. The first-order valence-corrected chi connectivity index (χ1v) is 9.86. The molecule has 0 unspecified atom stereocenters. The molecule has 29 heavy (non-hydrogen) atoms. The molecule has 0 bridgehead atoms. The molecule has 3 rings (SSSR count). The molecule has 0 amide bonds. The molecule has 0 atom stereocenters. The van der Waals surface area contributed by atoms with Crippen molar-refractivity contribution in [3.05, 3.63) is 54.7 Å². The first kappa shape index (κ1) is 20.7. The van der Waals surface area contributed by atoms with Gasteiger partial charge in [0.2, 0.25) is 0 Å². The van der Waals surface area contributed by atoms with E-state index in [2.05, 4.69) is 4.74 Å². The molecule has 10 heteroatoms. The number of aromatic nitrogens is 1. The van der Waals surface area contributed by atoms with Crippen LogP contribution in [0, 0.1) is 5.92 Å². The maximum atomic E-state index is 13.0. The maximum Gasteiger partial charge on any atom is 0.573 e. The van der Waals surface area contributed by atoms with E-state index in [1.165, 1.54) is 24.3 Å². The number of rotatable bonds is 5. The molecule has 154 valence electrons. The lowest BCUT2D eigenvalue weighted by molar-refractivity contribution is -0.274. The fourth-order valence-corrected chi connectivity index (χ4v) is 3.94. The third-order valence-electron chi connectivity index (χ3n) is 3.92. The lowest BCUT2D eigenvalue weighted by atomic mass is 10.2. The second-order valence-electron chi connectivity index (χ2n) is 6.41. The molecule has 0 saturated heterocycles. The summed E-state index contributed by atoms with van der Waals surface area (Å²) in [5, 5.41) is -0.0137. The predicted molar refractivity (Wildman–Crippen MR) is 98.1 cm³/mol. The van der Waals surface area contributed by atoms with Gasteiger partial charge >= 0.3 is 12.3 Å². The van der Waals surface area contributed by atoms with Crippen molar-refractivity contribution in [2.75, 3.05) is 0 Å². The van der Waals surface area contributed by atoms with Crippen LogP contribution in [-0.2, 0) is 14.8 Å². The summed E-state index contributed by atoms with van der Waals surface area (Å²) < 4.78 is 73.7. The topological polar surface area (TPSA) is 74.6 Å². The van der Waals surface area contributed by atoms with Gasteiger partial charge in [-0.1, -0.05) is 32.0 Å². The van der Waals surface area contributed by atoms with Gasteiger partial charge in [0.1, 0.15) is 5.75 Å². The predicted octanol–water partition coefficient (Wildman–Crippen LogP) is 4.34. The van der Waals surface area contributed by atoms with Crippen molar-refractivity contribution >= 4 is 26.9 Å². The lowest BCUT2D eigenvalue weighted by Crippen LogP contribution is -2.17. The molecule has 0 fully saturated rings. The largest absolute Gasteiger partial charge is 0.573 e. The fraction of sp³-hybridized carbons (Fsp3) is 0.211. The van der Waals surface area contributed by atoms with Crippen LogP contribution in [0.5, 0.6) is 11.5 Å². The molecule has 0 saturated carbocycles. The molecule has 2 aromatic carbocycles. The monoisotopic (exact) mass is 427 g/mol. The standard InChI is InChI=1S/C19H16F3NO5S/c1-12(2)18(24)27-17-11-23(29(25,26)14-6-4-3-5-7-14)16-9-8-13(10-15(16)17)28-19(20,21)22/h3-12H,1-2H3. The van der Waals surface area contributed by atoms with Gasteiger partial charge in [-0.25, -0.2) is 12.4 Å². The summed E-state index contributed by atoms with van der Waals surface area (Å²) in [4.78, 5) is 12.0. The average molecular weight is 427 g/mol. The average Bonchev–Trinajstić information content (AvgIpc) is 2.99. The van der Waals surface area contributed by atoms with Gasteiger partial charge in [0.05, 0.1) is 22.5 Å². The van der Waals surface area contributed by atoms with E-state index >= 15 is 0 Å². The van der Waals surface area contributed by atoms with Crippen LogP contribution >= 0.6 is 0 Å². The summed E-state index contributed by atoms with van der Waals surface area (Å²) >= 11 is 0. The summed E-state index contributed by atoms with van der Waals surface area (Å²) in [6, 6.07) is 10.6. The normalized spacial score (nSPS) is 12.3. The lowest BCUT2D eigenvalue weighted by Gasteiger charge is -2.10. The van der Waals surface area contributed by atoms with E-state index in [1.54, 1.807) is 19.9 Å². The number of hydrogen-bond acceptors (Lipinski definition) is 5. The molecule has 6 nitrogen and oxygen atoms in total. The van der Waals surface area contributed by atoms with Gasteiger partial charge in [0.15, 0.2) is 5.75 Å². The van der Waals surface area contributed by atoms with E-state index in [0.717, 1.165) is 28.4 Å². The number of carbonyl (C=O) groups is 1. The zero-order chi connectivity index (χ0) is 21.4. The summed E-state index contributed by atoms with van der Waals surface area (Å²) in [7, 11) is -4.09. The SMILES string of the molecule is CC(C)C(=O)Oc1cn(S(=O)(=O)c2ccccc2)c2ccc(OC(F)(F)F)cc12. The Kier molecular flexibility index (Phi) is 5.31. The van der Waals surface area contributed by atoms with Gasteiger partial charge in [0.25, 0.3) is 10.0 Å². The highest BCUT2D eigenvalue weighted by atomic mass is 32.2. The summed E-state index contributed by atoms with van der Waals surface area (Å²) in [5.41, 5.74) is 0.0370. The number of halogens is 3. The Bertz CT molecular complexity index is 1150. The van der Waals surface area contributed by atoms with Crippen LogP contribution < -0.4 is 9.47 Å². The fourth-order valence-electron chi connectivity index (χ4n) is 2.56. The highest BCUT2D eigenvalue weighted by molar-refractivity contribution is 7.90. The van der Waals surface area contributed by atoms with E-state index < -0.39 is 34.0 Å². The third kappa shape index (κ3) is 4.37. The number of fused-ring (bicyclic) bond motifs is 1. The zero-order valence-electron chi connectivity index (χ0n) is 15.3.